The minimum absolute atomic E-state index is 0.00332. The number of hydrogen-bond acceptors (Lipinski definition) is 4. The van der Waals surface area contributed by atoms with Crippen LogP contribution in [0.25, 0.3) is 0 Å². The highest BCUT2D eigenvalue weighted by molar-refractivity contribution is 6.17. The number of nitriles is 1. The highest BCUT2D eigenvalue weighted by Gasteiger charge is 2.35. The van der Waals surface area contributed by atoms with E-state index in [4.69, 9.17) is 5.26 Å². The second-order valence-corrected chi connectivity index (χ2v) is 5.65. The first-order valence-corrected chi connectivity index (χ1v) is 9.03. The molecule has 0 radical (unpaired) electrons. The molecule has 0 bridgehead atoms. The maximum absolute atomic E-state index is 13.4. The van der Waals surface area contributed by atoms with Crippen LogP contribution in [0.3, 0.4) is 0 Å². The number of rotatable bonds is 5. The van der Waals surface area contributed by atoms with Crippen molar-refractivity contribution < 1.29 is 14.0 Å². The van der Waals surface area contributed by atoms with E-state index in [0.29, 0.717) is 11.3 Å². The molecule has 0 aromatic rings. The summed E-state index contributed by atoms with van der Waals surface area (Å²) in [5, 5.41) is 11.5. The third kappa shape index (κ3) is 5.61. The number of aliphatic imine (C=N–C) groups is 1. The van der Waals surface area contributed by atoms with Crippen LogP contribution in [0.1, 0.15) is 20.3 Å². The first-order chi connectivity index (χ1) is 13.5. The molecule has 0 aromatic heterocycles. The fraction of sp³-hybridized carbons (Fsp3) is 0.333. The first kappa shape index (κ1) is 22.8. The van der Waals surface area contributed by atoms with E-state index >= 15 is 0 Å². The van der Waals surface area contributed by atoms with Crippen molar-refractivity contribution in [2.24, 2.45) is 4.99 Å². The van der Waals surface area contributed by atoms with Gasteiger partial charge in [0.15, 0.2) is 0 Å². The van der Waals surface area contributed by atoms with Crippen LogP contribution in [-0.2, 0) is 9.59 Å². The minimum Gasteiger partial charge on any atom is -0.343 e. The molecule has 2 atom stereocenters. The lowest BCUT2D eigenvalue weighted by atomic mass is 9.98. The normalized spacial score (nSPS) is 23.4. The predicted molar refractivity (Wildman–Crippen MR) is 108 cm³/mol. The Morgan fingerprint density at radius 2 is 2.07 bits per heavy atom. The van der Waals surface area contributed by atoms with Crippen LogP contribution in [0, 0.1) is 11.3 Å². The second-order valence-electron chi connectivity index (χ2n) is 5.65. The summed E-state index contributed by atoms with van der Waals surface area (Å²) in [5.41, 5.74) is 1.34. The lowest BCUT2D eigenvalue weighted by molar-refractivity contribution is -0.132. The first-order valence-electron chi connectivity index (χ1n) is 9.03. The summed E-state index contributed by atoms with van der Waals surface area (Å²) in [4.78, 5) is 29.9. The molecule has 6 nitrogen and oxygen atoms in total. The molecule has 2 amide bonds. The average Bonchev–Trinajstić information content (AvgIpc) is 3.10. The summed E-state index contributed by atoms with van der Waals surface area (Å²) >= 11 is 0. The van der Waals surface area contributed by atoms with E-state index in [1.54, 1.807) is 24.3 Å². The van der Waals surface area contributed by atoms with Gasteiger partial charge in [0.25, 0.3) is 5.91 Å². The largest absolute Gasteiger partial charge is 0.343 e. The molecule has 1 saturated heterocycles. The highest BCUT2D eigenvalue weighted by atomic mass is 19.1. The van der Waals surface area contributed by atoms with Gasteiger partial charge >= 0.3 is 0 Å². The van der Waals surface area contributed by atoms with Crippen LogP contribution in [0.4, 0.5) is 4.39 Å². The number of carbonyl (C=O) groups is 2. The fourth-order valence-corrected chi connectivity index (χ4v) is 2.77. The third-order valence-corrected chi connectivity index (χ3v) is 3.99. The Bertz CT molecular complexity index is 787. The third-order valence-electron chi connectivity index (χ3n) is 3.99. The number of alkyl halides is 1. The number of allylic oxidation sites excluding steroid dienone is 5. The molecule has 1 fully saturated rings. The number of halogens is 1. The molecule has 148 valence electrons. The maximum atomic E-state index is 13.4. The fourth-order valence-electron chi connectivity index (χ4n) is 2.77. The van der Waals surface area contributed by atoms with E-state index in [-0.39, 0.29) is 25.1 Å². The van der Waals surface area contributed by atoms with Crippen LogP contribution in [0.2, 0.25) is 0 Å². The van der Waals surface area contributed by atoms with Gasteiger partial charge in [-0.25, -0.2) is 4.39 Å². The quantitative estimate of drug-likeness (QED) is 0.740. The van der Waals surface area contributed by atoms with Crippen molar-refractivity contribution >= 4 is 17.5 Å². The summed E-state index contributed by atoms with van der Waals surface area (Å²) in [6.07, 6.45) is 8.48. The van der Waals surface area contributed by atoms with Gasteiger partial charge in [0.2, 0.25) is 5.91 Å². The minimum atomic E-state index is -1.22. The number of nitrogens with zero attached hydrogens (tertiary/aromatic N) is 3. The topological polar surface area (TPSA) is 85.6 Å². The van der Waals surface area contributed by atoms with Crippen molar-refractivity contribution in [2.75, 3.05) is 13.1 Å². The van der Waals surface area contributed by atoms with Crippen LogP contribution in [0.15, 0.2) is 65.9 Å². The molecule has 1 aliphatic carbocycles. The van der Waals surface area contributed by atoms with Gasteiger partial charge in [-0.3, -0.25) is 14.6 Å². The number of likely N-dealkylation sites (tertiary alicyclic amines) is 1. The van der Waals surface area contributed by atoms with Gasteiger partial charge in [-0.15, -0.1) is 0 Å². The zero-order valence-electron chi connectivity index (χ0n) is 16.2. The van der Waals surface area contributed by atoms with Crippen molar-refractivity contribution in [3.05, 3.63) is 60.9 Å². The number of nitrogens with one attached hydrogen (secondary N) is 1. The van der Waals surface area contributed by atoms with E-state index in [9.17, 15) is 14.0 Å². The summed E-state index contributed by atoms with van der Waals surface area (Å²) in [6.45, 7) is 10.7. The van der Waals surface area contributed by atoms with Gasteiger partial charge in [0.05, 0.1) is 24.9 Å². The lowest BCUT2D eigenvalue weighted by Gasteiger charge is -2.19. The molecule has 0 saturated carbocycles. The standard InChI is InChI=1S/C19H19FN4O2.C2H6/c1-3-15(16-7-5-6-8-17(16)22-4-2)19(26)23-11-18(25)24-12-13(20)9-14(24)10-21;1-2/h3-8,13-14H,1-2,9,11-12H2,(H,23,26);1-2H3/b16-15+,22-17?;. The van der Waals surface area contributed by atoms with Gasteiger partial charge in [0, 0.05) is 23.8 Å². The van der Waals surface area contributed by atoms with Crippen LogP contribution < -0.4 is 5.32 Å². The van der Waals surface area contributed by atoms with Crippen molar-refractivity contribution in [1.29, 1.82) is 5.26 Å². The summed E-state index contributed by atoms with van der Waals surface area (Å²) < 4.78 is 13.4. The molecular weight excluding hydrogens is 359 g/mol. The number of carbonyl (C=O) groups excluding carboxylic acids is 2. The molecule has 1 heterocycles. The van der Waals surface area contributed by atoms with Crippen LogP contribution in [0.5, 0.6) is 0 Å². The number of amides is 2. The van der Waals surface area contributed by atoms with Gasteiger partial charge in [-0.2, -0.15) is 5.26 Å². The van der Waals surface area contributed by atoms with E-state index in [1.807, 2.05) is 19.9 Å². The average molecular weight is 384 g/mol. The molecule has 1 N–H and O–H groups in total. The van der Waals surface area contributed by atoms with Crippen molar-refractivity contribution in [1.82, 2.24) is 10.2 Å². The SMILES string of the molecule is C=CN=C1C=CC=C/C1=C(/C=C)C(=O)NCC(=O)N1CC(F)CC1C#N.CC. The molecule has 0 aromatic carbocycles. The lowest BCUT2D eigenvalue weighted by Crippen LogP contribution is -2.42. The van der Waals surface area contributed by atoms with Crippen LogP contribution in [-0.4, -0.2) is 47.7 Å². The monoisotopic (exact) mass is 384 g/mol. The highest BCUT2D eigenvalue weighted by Crippen LogP contribution is 2.20. The summed E-state index contributed by atoms with van der Waals surface area (Å²) in [5.74, 6) is -1.01. The second kappa shape index (κ2) is 11.4. The molecular formula is C21H25FN4O2. The summed E-state index contributed by atoms with van der Waals surface area (Å²) in [6, 6.07) is 1.10. The Labute approximate surface area is 165 Å². The molecule has 7 heteroatoms. The van der Waals surface area contributed by atoms with E-state index < -0.39 is 24.0 Å². The van der Waals surface area contributed by atoms with Gasteiger partial charge in [-0.1, -0.05) is 51.3 Å². The Morgan fingerprint density at radius 1 is 1.39 bits per heavy atom. The van der Waals surface area contributed by atoms with Gasteiger partial charge < -0.3 is 10.2 Å². The van der Waals surface area contributed by atoms with Crippen LogP contribution >= 0.6 is 0 Å². The molecule has 0 spiro atoms. The molecule has 2 rings (SSSR count). The summed E-state index contributed by atoms with van der Waals surface area (Å²) in [7, 11) is 0. The maximum Gasteiger partial charge on any atom is 0.252 e. The van der Waals surface area contributed by atoms with E-state index in [0.717, 1.165) is 4.90 Å². The van der Waals surface area contributed by atoms with Gasteiger partial charge in [-0.05, 0) is 6.08 Å². The van der Waals surface area contributed by atoms with E-state index in [2.05, 4.69) is 23.5 Å². The molecule has 2 aliphatic rings. The Morgan fingerprint density at radius 3 is 2.68 bits per heavy atom. The molecule has 28 heavy (non-hydrogen) atoms. The molecule has 2 unspecified atom stereocenters. The number of hydrogen-bond donors (Lipinski definition) is 1. The zero-order chi connectivity index (χ0) is 21.1. The van der Waals surface area contributed by atoms with Gasteiger partial charge in [0.1, 0.15) is 12.2 Å². The molecule has 1 aliphatic heterocycles. The van der Waals surface area contributed by atoms with Crippen molar-refractivity contribution in [3.63, 3.8) is 0 Å². The van der Waals surface area contributed by atoms with Crippen molar-refractivity contribution in [2.45, 2.75) is 32.5 Å². The Hall–Kier alpha value is -3.27. The zero-order valence-corrected chi connectivity index (χ0v) is 16.2. The predicted octanol–water partition coefficient (Wildman–Crippen LogP) is 2.78. The smallest absolute Gasteiger partial charge is 0.252 e. The van der Waals surface area contributed by atoms with E-state index in [1.165, 1.54) is 12.3 Å². The Balaban J connectivity index is 0.00000190. The Kier molecular flexibility index (Phi) is 9.31. The van der Waals surface area contributed by atoms with Crippen molar-refractivity contribution in [3.8, 4) is 6.07 Å².